The molecule has 2 aromatic carbocycles. The summed E-state index contributed by atoms with van der Waals surface area (Å²) in [5.41, 5.74) is 1.99. The van der Waals surface area contributed by atoms with E-state index in [0.29, 0.717) is 36.6 Å². The highest BCUT2D eigenvalue weighted by atomic mass is 19.1. The summed E-state index contributed by atoms with van der Waals surface area (Å²) >= 11 is 0. The van der Waals surface area contributed by atoms with E-state index in [1.54, 1.807) is 34.0 Å². The van der Waals surface area contributed by atoms with Gasteiger partial charge in [0.15, 0.2) is 0 Å². The normalized spacial score (nSPS) is 15.5. The average molecular weight is 496 g/mol. The highest BCUT2D eigenvalue weighted by Crippen LogP contribution is 2.34. The number of ether oxygens (including phenoxy) is 2. The number of nitrogens with one attached hydrogen (secondary N) is 2. The Morgan fingerprint density at radius 3 is 2.42 bits per heavy atom. The van der Waals surface area contributed by atoms with E-state index >= 15 is 0 Å². The van der Waals surface area contributed by atoms with Crippen LogP contribution in [0.25, 0.3) is 11.3 Å². The number of rotatable bonds is 5. The number of aromatic nitrogens is 2. The number of aryl methyl sites for hydroxylation is 1. The summed E-state index contributed by atoms with van der Waals surface area (Å²) in [6.45, 7) is 6.48. The maximum atomic E-state index is 13.1. The Balaban J connectivity index is 1.48. The zero-order chi connectivity index (χ0) is 25.9. The molecule has 9 nitrogen and oxygen atoms in total. The van der Waals surface area contributed by atoms with E-state index < -0.39 is 11.6 Å². The van der Waals surface area contributed by atoms with Crippen molar-refractivity contribution in [1.82, 2.24) is 14.7 Å². The van der Waals surface area contributed by atoms with Crippen molar-refractivity contribution in [2.75, 3.05) is 23.7 Å². The molecule has 0 aliphatic carbocycles. The van der Waals surface area contributed by atoms with Gasteiger partial charge in [-0.25, -0.2) is 14.0 Å². The van der Waals surface area contributed by atoms with Crippen LogP contribution in [0.2, 0.25) is 0 Å². The number of anilines is 2. The van der Waals surface area contributed by atoms with E-state index in [9.17, 15) is 14.0 Å². The fourth-order valence-corrected chi connectivity index (χ4v) is 3.87. The Labute approximate surface area is 209 Å². The minimum absolute atomic E-state index is 0.204. The number of likely N-dealkylation sites (tertiary alicyclic amines) is 1. The number of hydrogen-bond donors (Lipinski definition) is 2. The Hall–Kier alpha value is -4.08. The predicted molar refractivity (Wildman–Crippen MR) is 135 cm³/mol. The summed E-state index contributed by atoms with van der Waals surface area (Å²) in [4.78, 5) is 26.6. The number of urea groups is 1. The van der Waals surface area contributed by atoms with E-state index in [1.807, 2.05) is 33.9 Å². The van der Waals surface area contributed by atoms with E-state index in [0.717, 1.165) is 11.3 Å². The molecule has 10 heteroatoms. The summed E-state index contributed by atoms with van der Waals surface area (Å²) in [5.74, 6) is 0.230. The van der Waals surface area contributed by atoms with E-state index in [2.05, 4.69) is 15.7 Å². The number of halogens is 1. The number of amides is 3. The molecule has 0 saturated carbocycles. The summed E-state index contributed by atoms with van der Waals surface area (Å²) in [6, 6.07) is 12.2. The van der Waals surface area contributed by atoms with Crippen LogP contribution >= 0.6 is 0 Å². The molecule has 0 bridgehead atoms. The van der Waals surface area contributed by atoms with E-state index in [-0.39, 0.29) is 18.0 Å². The van der Waals surface area contributed by atoms with Gasteiger partial charge in [0, 0.05) is 43.1 Å². The van der Waals surface area contributed by atoms with E-state index in [4.69, 9.17) is 9.47 Å². The SMILES string of the molecule is Cn1nccc1-c1cc(NC(=O)Nc2ccc(F)cc2)ccc1OC1CCN(C(=O)OC(C)(C)C)C1. The zero-order valence-corrected chi connectivity index (χ0v) is 20.7. The smallest absolute Gasteiger partial charge is 0.410 e. The molecule has 3 amide bonds. The molecule has 1 atom stereocenters. The third-order valence-corrected chi connectivity index (χ3v) is 5.53. The summed E-state index contributed by atoms with van der Waals surface area (Å²) in [6.07, 6.45) is 1.79. The first-order valence-corrected chi connectivity index (χ1v) is 11.7. The van der Waals surface area contributed by atoms with Gasteiger partial charge in [-0.15, -0.1) is 0 Å². The quantitative estimate of drug-likeness (QED) is 0.503. The number of carbonyl (C=O) groups excluding carboxylic acids is 2. The molecule has 1 aliphatic heterocycles. The molecule has 190 valence electrons. The first kappa shape index (κ1) is 25.0. The van der Waals surface area contributed by atoms with Crippen LogP contribution in [0.5, 0.6) is 5.75 Å². The number of benzene rings is 2. The number of nitrogens with zero attached hydrogens (tertiary/aromatic N) is 3. The molecule has 36 heavy (non-hydrogen) atoms. The van der Waals surface area contributed by atoms with Crippen molar-refractivity contribution >= 4 is 23.5 Å². The van der Waals surface area contributed by atoms with Crippen LogP contribution in [0.1, 0.15) is 27.2 Å². The number of hydrogen-bond acceptors (Lipinski definition) is 5. The Morgan fingerprint density at radius 2 is 1.75 bits per heavy atom. The first-order chi connectivity index (χ1) is 17.1. The van der Waals surface area contributed by atoms with Gasteiger partial charge in [-0.2, -0.15) is 5.10 Å². The average Bonchev–Trinajstić information content (AvgIpc) is 3.44. The highest BCUT2D eigenvalue weighted by Gasteiger charge is 2.31. The minimum atomic E-state index is -0.561. The second kappa shape index (κ2) is 10.3. The van der Waals surface area contributed by atoms with Gasteiger partial charge in [-0.1, -0.05) is 0 Å². The second-order valence-corrected chi connectivity index (χ2v) is 9.59. The van der Waals surface area contributed by atoms with Crippen molar-refractivity contribution in [2.24, 2.45) is 7.05 Å². The van der Waals surface area contributed by atoms with Crippen LogP contribution in [-0.4, -0.2) is 51.6 Å². The lowest BCUT2D eigenvalue weighted by atomic mass is 10.1. The lowest BCUT2D eigenvalue weighted by Crippen LogP contribution is -2.36. The zero-order valence-electron chi connectivity index (χ0n) is 20.7. The van der Waals surface area contributed by atoms with Crippen molar-refractivity contribution in [3.8, 4) is 17.0 Å². The van der Waals surface area contributed by atoms with Crippen molar-refractivity contribution in [3.63, 3.8) is 0 Å². The molecule has 1 unspecified atom stereocenters. The molecule has 4 rings (SSSR count). The first-order valence-electron chi connectivity index (χ1n) is 11.7. The van der Waals surface area contributed by atoms with Crippen molar-refractivity contribution in [3.05, 3.63) is 60.5 Å². The lowest BCUT2D eigenvalue weighted by Gasteiger charge is -2.24. The fraction of sp³-hybridized carbons (Fsp3) is 0.346. The molecular formula is C26H30FN5O4. The van der Waals surface area contributed by atoms with Gasteiger partial charge in [0.1, 0.15) is 23.3 Å². The molecular weight excluding hydrogens is 465 g/mol. The Morgan fingerprint density at radius 1 is 1.06 bits per heavy atom. The number of carbonyl (C=O) groups is 2. The predicted octanol–water partition coefficient (Wildman–Crippen LogP) is 5.26. The van der Waals surface area contributed by atoms with Crippen LogP contribution in [0.4, 0.5) is 25.4 Å². The standard InChI is InChI=1S/C26H30FN5O4/c1-26(2,3)36-25(34)32-14-12-20(16-32)35-23-10-9-19(15-21(23)22-11-13-28-31(22)4)30-24(33)29-18-7-5-17(27)6-8-18/h5-11,13,15,20H,12,14,16H2,1-4H3,(H2,29,30,33). The van der Waals surface area contributed by atoms with Gasteiger partial charge in [-0.3, -0.25) is 4.68 Å². The topological polar surface area (TPSA) is 97.7 Å². The van der Waals surface area contributed by atoms with Crippen molar-refractivity contribution in [2.45, 2.75) is 38.9 Å². The lowest BCUT2D eigenvalue weighted by molar-refractivity contribution is 0.0276. The van der Waals surface area contributed by atoms with Crippen LogP contribution < -0.4 is 15.4 Å². The maximum Gasteiger partial charge on any atom is 0.410 e. The van der Waals surface area contributed by atoms with Crippen molar-refractivity contribution in [1.29, 1.82) is 0 Å². The molecule has 0 radical (unpaired) electrons. The summed E-state index contributed by atoms with van der Waals surface area (Å²) in [7, 11) is 1.82. The van der Waals surface area contributed by atoms with Crippen LogP contribution in [0.15, 0.2) is 54.7 Å². The van der Waals surface area contributed by atoms with Gasteiger partial charge >= 0.3 is 12.1 Å². The molecule has 3 aromatic rings. The molecule has 1 fully saturated rings. The monoisotopic (exact) mass is 495 g/mol. The van der Waals surface area contributed by atoms with Gasteiger partial charge in [0.2, 0.25) is 0 Å². The third kappa shape index (κ3) is 6.32. The van der Waals surface area contributed by atoms with Crippen LogP contribution in [-0.2, 0) is 11.8 Å². The summed E-state index contributed by atoms with van der Waals surface area (Å²) < 4.78 is 26.6. The Kier molecular flexibility index (Phi) is 7.14. The molecule has 2 heterocycles. The van der Waals surface area contributed by atoms with Gasteiger partial charge in [-0.05, 0) is 69.3 Å². The fourth-order valence-electron chi connectivity index (χ4n) is 3.87. The Bertz CT molecular complexity index is 1240. The molecule has 1 aliphatic rings. The van der Waals surface area contributed by atoms with Crippen LogP contribution in [0.3, 0.4) is 0 Å². The minimum Gasteiger partial charge on any atom is -0.488 e. The van der Waals surface area contributed by atoms with Crippen LogP contribution in [0, 0.1) is 5.82 Å². The van der Waals surface area contributed by atoms with Gasteiger partial charge < -0.3 is 25.0 Å². The molecule has 0 spiro atoms. The van der Waals surface area contributed by atoms with Gasteiger partial charge in [0.05, 0.1) is 12.2 Å². The van der Waals surface area contributed by atoms with Crippen molar-refractivity contribution < 1.29 is 23.5 Å². The summed E-state index contributed by atoms with van der Waals surface area (Å²) in [5, 5.41) is 9.72. The maximum absolute atomic E-state index is 13.1. The molecule has 1 aromatic heterocycles. The third-order valence-electron chi connectivity index (χ3n) is 5.53. The van der Waals surface area contributed by atoms with Gasteiger partial charge in [0.25, 0.3) is 0 Å². The largest absolute Gasteiger partial charge is 0.488 e. The molecule has 2 N–H and O–H groups in total. The second-order valence-electron chi connectivity index (χ2n) is 9.59. The molecule has 1 saturated heterocycles. The highest BCUT2D eigenvalue weighted by molar-refractivity contribution is 6.00. The van der Waals surface area contributed by atoms with E-state index in [1.165, 1.54) is 24.3 Å².